The molecule has 2 saturated heterocycles. The molecule has 3 aromatic heterocycles. The SMILES string of the molecule is Cc1cc(-c2ccnc3sc(CCCCN4CCC(c5ccc(NC6CCC(=O)NC6=O)cc5)CC4)cc23)ccc1CNC(=O)c1noc(C(C)(C)C)n1. The van der Waals surface area contributed by atoms with Gasteiger partial charge < -0.3 is 20.1 Å². The van der Waals surface area contributed by atoms with Crippen molar-refractivity contribution in [1.82, 2.24) is 30.7 Å². The lowest BCUT2D eigenvalue weighted by Crippen LogP contribution is -2.47. The molecule has 5 aromatic rings. The van der Waals surface area contributed by atoms with Gasteiger partial charge in [0.05, 0.1) is 0 Å². The molecule has 7 rings (SSSR count). The summed E-state index contributed by atoms with van der Waals surface area (Å²) < 4.78 is 5.27. The Morgan fingerprint density at radius 1 is 1.02 bits per heavy atom. The van der Waals surface area contributed by atoms with E-state index in [-0.39, 0.29) is 35.0 Å². The van der Waals surface area contributed by atoms with Gasteiger partial charge in [-0.3, -0.25) is 19.7 Å². The second-order valence-electron chi connectivity index (χ2n) is 15.6. The molecule has 0 saturated carbocycles. The standard InChI is InChI=1S/C42H49N7O4S/c1-26-23-29(8-9-30(26)25-44-39(52)37-47-41(53-48-37)42(2,3)4)33-16-19-43-40-34(33)24-32(54-40)7-5-6-20-49-21-17-28(18-22-49)27-10-12-31(13-11-27)45-35-14-15-36(50)46-38(35)51/h8-13,16,19,23-24,28,35,45H,5-7,14-15,17-18,20-22,25H2,1-4H3,(H,44,52)(H,46,50,51). The van der Waals surface area contributed by atoms with E-state index in [0.717, 1.165) is 72.5 Å². The van der Waals surface area contributed by atoms with E-state index in [0.29, 0.717) is 31.2 Å². The number of likely N-dealkylation sites (tertiary alicyclic amines) is 1. The molecule has 0 radical (unpaired) electrons. The van der Waals surface area contributed by atoms with Crippen molar-refractivity contribution in [2.75, 3.05) is 25.0 Å². The highest BCUT2D eigenvalue weighted by Gasteiger charge is 2.27. The summed E-state index contributed by atoms with van der Waals surface area (Å²) in [7, 11) is 0. The van der Waals surface area contributed by atoms with Crippen LogP contribution in [0.4, 0.5) is 5.69 Å². The number of aromatic nitrogens is 3. The Bertz CT molecular complexity index is 2130. The predicted octanol–water partition coefficient (Wildman–Crippen LogP) is 7.30. The number of benzene rings is 2. The van der Waals surface area contributed by atoms with Crippen molar-refractivity contribution >= 4 is 45.0 Å². The van der Waals surface area contributed by atoms with Crippen LogP contribution in [-0.4, -0.2) is 63.4 Å². The number of pyridine rings is 1. The zero-order chi connectivity index (χ0) is 37.8. The maximum absolute atomic E-state index is 12.7. The summed E-state index contributed by atoms with van der Waals surface area (Å²) in [5, 5.41) is 13.7. The Kier molecular flexibility index (Phi) is 11.2. The lowest BCUT2D eigenvalue weighted by molar-refractivity contribution is -0.133. The number of anilines is 1. The number of nitrogens with zero attached hydrogens (tertiary/aromatic N) is 4. The molecular weight excluding hydrogens is 699 g/mol. The number of thiophene rings is 1. The van der Waals surface area contributed by atoms with E-state index >= 15 is 0 Å². The summed E-state index contributed by atoms with van der Waals surface area (Å²) in [5.74, 6) is 0.239. The molecule has 2 aromatic carbocycles. The van der Waals surface area contributed by atoms with Gasteiger partial charge in [-0.1, -0.05) is 56.3 Å². The molecule has 2 fully saturated rings. The van der Waals surface area contributed by atoms with Gasteiger partial charge >= 0.3 is 0 Å². The molecule has 1 unspecified atom stereocenters. The number of unbranched alkanes of at least 4 members (excludes halogenated alkanes) is 1. The van der Waals surface area contributed by atoms with Crippen LogP contribution in [0.5, 0.6) is 0 Å². The molecule has 0 aliphatic carbocycles. The van der Waals surface area contributed by atoms with Crippen molar-refractivity contribution in [3.05, 3.63) is 94.1 Å². The summed E-state index contributed by atoms with van der Waals surface area (Å²) in [6, 6.07) is 18.9. The van der Waals surface area contributed by atoms with Crippen LogP contribution in [0, 0.1) is 6.92 Å². The van der Waals surface area contributed by atoms with Gasteiger partial charge in [0, 0.05) is 40.5 Å². The summed E-state index contributed by atoms with van der Waals surface area (Å²) in [4.78, 5) is 50.2. The number of piperidine rings is 2. The number of hydrogen-bond donors (Lipinski definition) is 3. The number of carbonyl (C=O) groups excluding carboxylic acids is 3. The summed E-state index contributed by atoms with van der Waals surface area (Å²) >= 11 is 1.79. The molecule has 0 spiro atoms. The quantitative estimate of drug-likeness (QED) is 0.0885. The van der Waals surface area contributed by atoms with Crippen molar-refractivity contribution in [2.24, 2.45) is 0 Å². The zero-order valence-corrected chi connectivity index (χ0v) is 32.4. The second kappa shape index (κ2) is 16.2. The monoisotopic (exact) mass is 747 g/mol. The van der Waals surface area contributed by atoms with Gasteiger partial charge in [-0.25, -0.2) is 4.98 Å². The molecule has 282 valence electrons. The fraction of sp³-hybridized carbons (Fsp3) is 0.429. The van der Waals surface area contributed by atoms with E-state index in [1.807, 2.05) is 27.0 Å². The van der Waals surface area contributed by atoms with Crippen molar-refractivity contribution in [1.29, 1.82) is 0 Å². The van der Waals surface area contributed by atoms with E-state index in [1.54, 1.807) is 11.3 Å². The maximum atomic E-state index is 12.7. The minimum atomic E-state index is -0.360. The van der Waals surface area contributed by atoms with E-state index < -0.39 is 0 Å². The number of aryl methyl sites for hydroxylation is 2. The molecule has 12 heteroatoms. The Labute approximate surface area is 320 Å². The molecule has 3 amide bonds. The molecular formula is C42H49N7O4S. The van der Waals surface area contributed by atoms with Crippen LogP contribution >= 0.6 is 11.3 Å². The zero-order valence-electron chi connectivity index (χ0n) is 31.5. The summed E-state index contributed by atoms with van der Waals surface area (Å²) in [5.41, 5.74) is 6.38. The third-order valence-electron chi connectivity index (χ3n) is 10.5. The van der Waals surface area contributed by atoms with Crippen LogP contribution in [0.1, 0.15) is 103 Å². The van der Waals surface area contributed by atoms with E-state index in [1.165, 1.54) is 27.8 Å². The van der Waals surface area contributed by atoms with Crippen molar-refractivity contribution in [3.63, 3.8) is 0 Å². The number of hydrogen-bond acceptors (Lipinski definition) is 10. The number of imide groups is 1. The minimum Gasteiger partial charge on any atom is -0.374 e. The third kappa shape index (κ3) is 8.88. The smallest absolute Gasteiger partial charge is 0.292 e. The van der Waals surface area contributed by atoms with Crippen LogP contribution < -0.4 is 16.0 Å². The highest BCUT2D eigenvalue weighted by Crippen LogP contribution is 2.35. The molecule has 11 nitrogen and oxygen atoms in total. The first kappa shape index (κ1) is 37.4. The van der Waals surface area contributed by atoms with Crippen molar-refractivity contribution in [3.8, 4) is 11.1 Å². The number of amides is 3. The van der Waals surface area contributed by atoms with Gasteiger partial charge in [0.1, 0.15) is 10.9 Å². The lowest BCUT2D eigenvalue weighted by atomic mass is 9.89. The Morgan fingerprint density at radius 2 is 1.81 bits per heavy atom. The van der Waals surface area contributed by atoms with Gasteiger partial charge in [-0.2, -0.15) is 4.98 Å². The van der Waals surface area contributed by atoms with Gasteiger partial charge in [-0.15, -0.1) is 11.3 Å². The molecule has 0 bridgehead atoms. The average Bonchev–Trinajstić information content (AvgIpc) is 3.83. The van der Waals surface area contributed by atoms with Crippen LogP contribution in [0.15, 0.2) is 65.3 Å². The summed E-state index contributed by atoms with van der Waals surface area (Å²) in [6.07, 6.45) is 8.46. The van der Waals surface area contributed by atoms with Crippen LogP contribution in [0.2, 0.25) is 0 Å². The first-order chi connectivity index (χ1) is 26.0. The topological polar surface area (TPSA) is 142 Å². The largest absolute Gasteiger partial charge is 0.374 e. The Hall–Kier alpha value is -4.94. The van der Waals surface area contributed by atoms with E-state index in [2.05, 4.69) is 92.5 Å². The predicted molar refractivity (Wildman–Crippen MR) is 212 cm³/mol. The molecule has 2 aliphatic heterocycles. The molecule has 2 aliphatic rings. The normalized spacial score (nSPS) is 17.1. The second-order valence-corrected chi connectivity index (χ2v) is 16.7. The number of nitrogens with one attached hydrogen (secondary N) is 3. The maximum Gasteiger partial charge on any atom is 0.292 e. The molecule has 1 atom stereocenters. The fourth-order valence-corrected chi connectivity index (χ4v) is 8.37. The van der Waals surface area contributed by atoms with Gasteiger partial charge in [0.25, 0.3) is 11.7 Å². The van der Waals surface area contributed by atoms with Crippen LogP contribution in [-0.2, 0) is 28.0 Å². The summed E-state index contributed by atoms with van der Waals surface area (Å²) in [6.45, 7) is 11.7. The van der Waals surface area contributed by atoms with Crippen molar-refractivity contribution < 1.29 is 18.9 Å². The highest BCUT2D eigenvalue weighted by molar-refractivity contribution is 7.18. The van der Waals surface area contributed by atoms with Gasteiger partial charge in [0.15, 0.2) is 0 Å². The van der Waals surface area contributed by atoms with Crippen LogP contribution in [0.25, 0.3) is 21.3 Å². The van der Waals surface area contributed by atoms with Gasteiger partial charge in [0.2, 0.25) is 17.7 Å². The first-order valence-corrected chi connectivity index (χ1v) is 19.8. The van der Waals surface area contributed by atoms with Gasteiger partial charge in [-0.05, 0) is 123 Å². The number of fused-ring (bicyclic) bond motifs is 1. The minimum absolute atomic E-state index is 0.0467. The average molecular weight is 748 g/mol. The fourth-order valence-electron chi connectivity index (χ4n) is 7.31. The Balaban J connectivity index is 0.864. The Morgan fingerprint density at radius 3 is 2.54 bits per heavy atom. The highest BCUT2D eigenvalue weighted by atomic mass is 32.1. The first-order valence-electron chi connectivity index (χ1n) is 19.0. The van der Waals surface area contributed by atoms with Crippen LogP contribution in [0.3, 0.4) is 0 Å². The van der Waals surface area contributed by atoms with E-state index in [9.17, 15) is 14.4 Å². The number of carbonyl (C=O) groups is 3. The molecule has 5 heterocycles. The lowest BCUT2D eigenvalue weighted by Gasteiger charge is -2.32. The number of rotatable bonds is 12. The van der Waals surface area contributed by atoms with Crippen molar-refractivity contribution in [2.45, 2.75) is 96.6 Å². The molecule has 3 N–H and O–H groups in total. The van der Waals surface area contributed by atoms with E-state index in [4.69, 9.17) is 9.51 Å². The molecule has 54 heavy (non-hydrogen) atoms. The third-order valence-corrected chi connectivity index (χ3v) is 11.7.